The lowest BCUT2D eigenvalue weighted by atomic mass is 10.0. The fourth-order valence-electron chi connectivity index (χ4n) is 2.00. The summed E-state index contributed by atoms with van der Waals surface area (Å²) in [6.45, 7) is 5.12. The predicted octanol–water partition coefficient (Wildman–Crippen LogP) is 2.55. The van der Waals surface area contributed by atoms with E-state index in [1.54, 1.807) is 0 Å². The molecule has 0 radical (unpaired) electrons. The average Bonchev–Trinajstić information content (AvgIpc) is 2.19. The highest BCUT2D eigenvalue weighted by atomic mass is 35.5. The lowest BCUT2D eigenvalue weighted by Crippen LogP contribution is -2.47. The second kappa shape index (κ2) is 5.50. The van der Waals surface area contributed by atoms with E-state index in [-0.39, 0.29) is 18.5 Å². The van der Waals surface area contributed by atoms with Crippen LogP contribution in [-0.2, 0) is 4.74 Å². The van der Waals surface area contributed by atoms with Crippen molar-refractivity contribution in [2.24, 2.45) is 0 Å². The van der Waals surface area contributed by atoms with Crippen LogP contribution >= 0.6 is 12.4 Å². The molecule has 0 spiro atoms. The molecule has 0 amide bonds. The first kappa shape index (κ1) is 12.5. The Kier molecular flexibility index (Phi) is 4.58. The molecule has 15 heavy (non-hydrogen) atoms. The number of ether oxygens (including phenoxy) is 1. The molecule has 2 rings (SSSR count). The van der Waals surface area contributed by atoms with E-state index < -0.39 is 0 Å². The molecular formula is C12H18ClNO. The maximum absolute atomic E-state index is 5.83. The van der Waals surface area contributed by atoms with Crippen LogP contribution < -0.4 is 5.32 Å². The quantitative estimate of drug-likeness (QED) is 0.796. The third kappa shape index (κ3) is 2.94. The van der Waals surface area contributed by atoms with Crippen LogP contribution in [0.2, 0.25) is 0 Å². The zero-order valence-corrected chi connectivity index (χ0v) is 9.96. The van der Waals surface area contributed by atoms with Gasteiger partial charge in [0.15, 0.2) is 0 Å². The summed E-state index contributed by atoms with van der Waals surface area (Å²) in [7, 11) is 0. The van der Waals surface area contributed by atoms with Crippen molar-refractivity contribution in [3.63, 3.8) is 0 Å². The summed E-state index contributed by atoms with van der Waals surface area (Å²) >= 11 is 0. The Bertz CT molecular complexity index is 291. The van der Waals surface area contributed by atoms with Crippen LogP contribution in [-0.4, -0.2) is 18.7 Å². The molecule has 1 N–H and O–H groups in total. The molecule has 1 aromatic rings. The number of hydrogen-bond acceptors (Lipinski definition) is 2. The van der Waals surface area contributed by atoms with Gasteiger partial charge in [0.1, 0.15) is 0 Å². The highest BCUT2D eigenvalue weighted by molar-refractivity contribution is 5.85. The second-order valence-corrected chi connectivity index (χ2v) is 4.02. The average molecular weight is 228 g/mol. The van der Waals surface area contributed by atoms with Crippen LogP contribution in [0.5, 0.6) is 0 Å². The second-order valence-electron chi connectivity index (χ2n) is 4.02. The standard InChI is InChI=1S/C12H17NO.ClH/c1-9-8-14-12(10(2)13-9)11-6-4-3-5-7-11;/h3-7,9-10,12-13H,8H2,1-2H3;1H. The Labute approximate surface area is 97.4 Å². The van der Waals surface area contributed by atoms with Crippen LogP contribution in [0.25, 0.3) is 0 Å². The monoisotopic (exact) mass is 227 g/mol. The molecule has 3 unspecified atom stereocenters. The van der Waals surface area contributed by atoms with Gasteiger partial charge in [0, 0.05) is 12.1 Å². The zero-order chi connectivity index (χ0) is 9.97. The molecule has 0 aromatic heterocycles. The number of nitrogens with one attached hydrogen (secondary N) is 1. The summed E-state index contributed by atoms with van der Waals surface area (Å²) < 4.78 is 5.83. The van der Waals surface area contributed by atoms with E-state index in [1.807, 2.05) is 6.07 Å². The third-order valence-corrected chi connectivity index (χ3v) is 2.66. The first-order chi connectivity index (χ1) is 6.77. The SMILES string of the molecule is CC1COC(c2ccccc2)C(C)N1.Cl. The molecule has 3 heteroatoms. The van der Waals surface area contributed by atoms with Gasteiger partial charge in [0.05, 0.1) is 12.7 Å². The number of morpholine rings is 1. The van der Waals surface area contributed by atoms with Gasteiger partial charge in [0.2, 0.25) is 0 Å². The van der Waals surface area contributed by atoms with E-state index >= 15 is 0 Å². The molecule has 1 aliphatic rings. The van der Waals surface area contributed by atoms with Gasteiger partial charge in [-0.3, -0.25) is 0 Å². The lowest BCUT2D eigenvalue weighted by Gasteiger charge is -2.34. The number of hydrogen-bond donors (Lipinski definition) is 1. The van der Waals surface area contributed by atoms with Crippen LogP contribution in [0.3, 0.4) is 0 Å². The van der Waals surface area contributed by atoms with Crippen molar-refractivity contribution in [2.75, 3.05) is 6.61 Å². The van der Waals surface area contributed by atoms with Gasteiger partial charge in [-0.15, -0.1) is 12.4 Å². The van der Waals surface area contributed by atoms with Crippen molar-refractivity contribution in [3.8, 4) is 0 Å². The van der Waals surface area contributed by atoms with E-state index in [9.17, 15) is 0 Å². The number of benzene rings is 1. The van der Waals surface area contributed by atoms with Gasteiger partial charge >= 0.3 is 0 Å². The lowest BCUT2D eigenvalue weighted by molar-refractivity contribution is -0.0207. The molecular weight excluding hydrogens is 210 g/mol. The van der Waals surface area contributed by atoms with Crippen molar-refractivity contribution < 1.29 is 4.74 Å². The summed E-state index contributed by atoms with van der Waals surface area (Å²) in [4.78, 5) is 0. The maximum Gasteiger partial charge on any atom is 0.0975 e. The largest absolute Gasteiger partial charge is 0.370 e. The van der Waals surface area contributed by atoms with Gasteiger partial charge in [-0.1, -0.05) is 30.3 Å². The summed E-state index contributed by atoms with van der Waals surface area (Å²) in [5, 5.41) is 3.50. The van der Waals surface area contributed by atoms with Crippen LogP contribution in [0, 0.1) is 0 Å². The fraction of sp³-hybridized carbons (Fsp3) is 0.500. The normalized spacial score (nSPS) is 30.7. The Hall–Kier alpha value is -0.570. The van der Waals surface area contributed by atoms with Gasteiger partial charge in [0.25, 0.3) is 0 Å². The summed E-state index contributed by atoms with van der Waals surface area (Å²) in [6, 6.07) is 11.3. The molecule has 0 bridgehead atoms. The van der Waals surface area contributed by atoms with Crippen LogP contribution in [0.4, 0.5) is 0 Å². The van der Waals surface area contributed by atoms with E-state index in [2.05, 4.69) is 43.4 Å². The third-order valence-electron chi connectivity index (χ3n) is 2.66. The number of halogens is 1. The van der Waals surface area contributed by atoms with Gasteiger partial charge in [-0.25, -0.2) is 0 Å². The Morgan fingerprint density at radius 2 is 1.87 bits per heavy atom. The van der Waals surface area contributed by atoms with E-state index in [4.69, 9.17) is 4.74 Å². The topological polar surface area (TPSA) is 21.3 Å². The molecule has 84 valence electrons. The van der Waals surface area contributed by atoms with E-state index in [0.717, 1.165) is 6.61 Å². The smallest absolute Gasteiger partial charge is 0.0975 e. The predicted molar refractivity (Wildman–Crippen MR) is 64.4 cm³/mol. The van der Waals surface area contributed by atoms with Crippen molar-refractivity contribution in [2.45, 2.75) is 32.0 Å². The Morgan fingerprint density at radius 3 is 2.47 bits per heavy atom. The van der Waals surface area contributed by atoms with Gasteiger partial charge in [-0.05, 0) is 19.4 Å². The molecule has 1 saturated heterocycles. The minimum Gasteiger partial charge on any atom is -0.370 e. The molecule has 1 fully saturated rings. The van der Waals surface area contributed by atoms with E-state index in [0.29, 0.717) is 12.1 Å². The van der Waals surface area contributed by atoms with Gasteiger partial charge < -0.3 is 10.1 Å². The molecule has 0 saturated carbocycles. The van der Waals surface area contributed by atoms with Gasteiger partial charge in [-0.2, -0.15) is 0 Å². The first-order valence-corrected chi connectivity index (χ1v) is 5.20. The molecule has 3 atom stereocenters. The molecule has 1 heterocycles. The Morgan fingerprint density at radius 1 is 1.20 bits per heavy atom. The summed E-state index contributed by atoms with van der Waals surface area (Å²) in [5.74, 6) is 0. The molecule has 1 aliphatic heterocycles. The summed E-state index contributed by atoms with van der Waals surface area (Å²) in [5.41, 5.74) is 1.26. The first-order valence-electron chi connectivity index (χ1n) is 5.20. The van der Waals surface area contributed by atoms with Crippen LogP contribution in [0.1, 0.15) is 25.5 Å². The number of rotatable bonds is 1. The molecule has 2 nitrogen and oxygen atoms in total. The van der Waals surface area contributed by atoms with Crippen LogP contribution in [0.15, 0.2) is 30.3 Å². The van der Waals surface area contributed by atoms with E-state index in [1.165, 1.54) is 5.56 Å². The molecule has 1 aromatic carbocycles. The van der Waals surface area contributed by atoms with Crippen molar-refractivity contribution >= 4 is 12.4 Å². The van der Waals surface area contributed by atoms with Crippen molar-refractivity contribution in [1.29, 1.82) is 0 Å². The molecule has 0 aliphatic carbocycles. The highest BCUT2D eigenvalue weighted by Crippen LogP contribution is 2.24. The minimum absolute atomic E-state index is 0. The van der Waals surface area contributed by atoms with Crippen molar-refractivity contribution in [3.05, 3.63) is 35.9 Å². The highest BCUT2D eigenvalue weighted by Gasteiger charge is 2.26. The Balaban J connectivity index is 0.00000112. The zero-order valence-electron chi connectivity index (χ0n) is 9.14. The minimum atomic E-state index is 0. The summed E-state index contributed by atoms with van der Waals surface area (Å²) in [6.07, 6.45) is 0.201. The van der Waals surface area contributed by atoms with Crippen molar-refractivity contribution in [1.82, 2.24) is 5.32 Å². The maximum atomic E-state index is 5.83. The fourth-order valence-corrected chi connectivity index (χ4v) is 2.00.